The molecule has 0 bridgehead atoms. The molecule has 2 aromatic rings. The Balaban J connectivity index is 2.42. The molecular formula is C14H17N3O2S. The van der Waals surface area contributed by atoms with Crippen LogP contribution in [0, 0.1) is 6.92 Å². The van der Waals surface area contributed by atoms with Crippen LogP contribution in [-0.2, 0) is 6.42 Å². The van der Waals surface area contributed by atoms with E-state index in [1.807, 2.05) is 20.8 Å². The van der Waals surface area contributed by atoms with Gasteiger partial charge < -0.3 is 10.0 Å². The number of phenolic OH excluding ortho intramolecular Hbond substituents is 1. The van der Waals surface area contributed by atoms with Crippen LogP contribution in [0.4, 0.5) is 5.69 Å². The number of aryl methyl sites for hydroxylation is 2. The third-order valence-corrected chi connectivity index (χ3v) is 3.89. The Hall–Kier alpha value is -1.95. The minimum absolute atomic E-state index is 0.118. The van der Waals surface area contributed by atoms with E-state index in [0.717, 1.165) is 22.8 Å². The number of aromatic nitrogens is 2. The second-order valence-electron chi connectivity index (χ2n) is 4.42. The average molecular weight is 291 g/mol. The smallest absolute Gasteiger partial charge is 0.271 e. The Kier molecular flexibility index (Phi) is 4.34. The molecule has 1 N–H and O–H groups in total. The van der Waals surface area contributed by atoms with E-state index in [-0.39, 0.29) is 11.7 Å². The van der Waals surface area contributed by atoms with Gasteiger partial charge in [0.25, 0.3) is 5.91 Å². The standard InChI is InChI=1S/C14H17N3O2S/c1-4-11-13(20-16-15-11)14(19)17(5-2)12-8-10(18)7-6-9(12)3/h6-8,18H,4-5H2,1-3H3. The summed E-state index contributed by atoms with van der Waals surface area (Å²) in [7, 11) is 0. The monoisotopic (exact) mass is 291 g/mol. The van der Waals surface area contributed by atoms with Crippen molar-refractivity contribution in [3.05, 3.63) is 34.3 Å². The first-order valence-electron chi connectivity index (χ1n) is 6.51. The van der Waals surface area contributed by atoms with E-state index in [1.165, 1.54) is 0 Å². The molecule has 5 nitrogen and oxygen atoms in total. The summed E-state index contributed by atoms with van der Waals surface area (Å²) in [6, 6.07) is 5.02. The van der Waals surface area contributed by atoms with Gasteiger partial charge in [0.15, 0.2) is 0 Å². The number of amides is 1. The highest BCUT2D eigenvalue weighted by molar-refractivity contribution is 7.08. The third kappa shape index (κ3) is 2.65. The van der Waals surface area contributed by atoms with Crippen molar-refractivity contribution in [2.75, 3.05) is 11.4 Å². The lowest BCUT2D eigenvalue weighted by Crippen LogP contribution is -2.31. The summed E-state index contributed by atoms with van der Waals surface area (Å²) in [5, 5.41) is 13.6. The lowest BCUT2D eigenvalue weighted by molar-refractivity contribution is 0.0991. The van der Waals surface area contributed by atoms with Crippen LogP contribution in [0.15, 0.2) is 18.2 Å². The van der Waals surface area contributed by atoms with E-state index in [0.29, 0.717) is 23.5 Å². The molecule has 0 spiro atoms. The highest BCUT2D eigenvalue weighted by atomic mass is 32.1. The Morgan fingerprint density at radius 2 is 2.15 bits per heavy atom. The van der Waals surface area contributed by atoms with Gasteiger partial charge in [0, 0.05) is 12.6 Å². The first-order chi connectivity index (χ1) is 9.58. The maximum absolute atomic E-state index is 12.7. The fourth-order valence-electron chi connectivity index (χ4n) is 2.04. The predicted octanol–water partition coefficient (Wildman–Crippen LogP) is 2.78. The van der Waals surface area contributed by atoms with Gasteiger partial charge in [-0.05, 0) is 43.4 Å². The highest BCUT2D eigenvalue weighted by Crippen LogP contribution is 2.27. The number of hydrogen-bond acceptors (Lipinski definition) is 5. The molecule has 0 radical (unpaired) electrons. The van der Waals surface area contributed by atoms with Crippen LogP contribution in [0.5, 0.6) is 5.75 Å². The van der Waals surface area contributed by atoms with Crippen molar-refractivity contribution in [1.82, 2.24) is 9.59 Å². The zero-order chi connectivity index (χ0) is 14.7. The lowest BCUT2D eigenvalue weighted by Gasteiger charge is -2.22. The summed E-state index contributed by atoms with van der Waals surface area (Å²) in [5.74, 6) is 0.0306. The van der Waals surface area contributed by atoms with Crippen LogP contribution in [0.1, 0.15) is 34.8 Å². The summed E-state index contributed by atoms with van der Waals surface area (Å²) in [4.78, 5) is 14.9. The van der Waals surface area contributed by atoms with Crippen molar-refractivity contribution < 1.29 is 9.90 Å². The zero-order valence-electron chi connectivity index (χ0n) is 11.8. The maximum atomic E-state index is 12.7. The van der Waals surface area contributed by atoms with E-state index >= 15 is 0 Å². The Morgan fingerprint density at radius 1 is 1.40 bits per heavy atom. The van der Waals surface area contributed by atoms with E-state index in [9.17, 15) is 9.90 Å². The van der Waals surface area contributed by atoms with Gasteiger partial charge in [0.1, 0.15) is 10.6 Å². The van der Waals surface area contributed by atoms with Gasteiger partial charge in [-0.15, -0.1) is 5.10 Å². The van der Waals surface area contributed by atoms with Gasteiger partial charge in [-0.2, -0.15) is 0 Å². The number of anilines is 1. The molecule has 1 heterocycles. The molecule has 0 fully saturated rings. The molecular weight excluding hydrogens is 274 g/mol. The number of phenols is 1. The largest absolute Gasteiger partial charge is 0.508 e. The summed E-state index contributed by atoms with van der Waals surface area (Å²) < 4.78 is 3.86. The molecule has 0 unspecified atom stereocenters. The molecule has 1 aromatic carbocycles. The molecule has 20 heavy (non-hydrogen) atoms. The van der Waals surface area contributed by atoms with Gasteiger partial charge in [0.2, 0.25) is 0 Å². The number of benzene rings is 1. The summed E-state index contributed by atoms with van der Waals surface area (Å²) in [5.41, 5.74) is 2.37. The van der Waals surface area contributed by atoms with Crippen molar-refractivity contribution in [3.8, 4) is 5.75 Å². The zero-order valence-corrected chi connectivity index (χ0v) is 12.6. The number of hydrogen-bond donors (Lipinski definition) is 1. The van der Waals surface area contributed by atoms with Crippen molar-refractivity contribution in [1.29, 1.82) is 0 Å². The number of nitrogens with zero attached hydrogens (tertiary/aromatic N) is 3. The van der Waals surface area contributed by atoms with Crippen molar-refractivity contribution in [3.63, 3.8) is 0 Å². The van der Waals surface area contributed by atoms with Crippen LogP contribution in [-0.4, -0.2) is 27.1 Å². The number of rotatable bonds is 4. The van der Waals surface area contributed by atoms with E-state index in [2.05, 4.69) is 9.59 Å². The molecule has 0 aliphatic carbocycles. The normalized spacial score (nSPS) is 10.6. The first kappa shape index (κ1) is 14.5. The third-order valence-electron chi connectivity index (χ3n) is 3.13. The maximum Gasteiger partial charge on any atom is 0.271 e. The van der Waals surface area contributed by atoms with Crippen LogP contribution in [0.3, 0.4) is 0 Å². The van der Waals surface area contributed by atoms with Gasteiger partial charge >= 0.3 is 0 Å². The Morgan fingerprint density at radius 3 is 2.80 bits per heavy atom. The summed E-state index contributed by atoms with van der Waals surface area (Å²) in [6.45, 7) is 6.28. The Labute approximate surface area is 122 Å². The van der Waals surface area contributed by atoms with Crippen LogP contribution in [0.2, 0.25) is 0 Å². The second-order valence-corrected chi connectivity index (χ2v) is 5.18. The average Bonchev–Trinajstić information content (AvgIpc) is 2.91. The molecule has 1 aromatic heterocycles. The molecule has 1 amide bonds. The second kappa shape index (κ2) is 6.00. The van der Waals surface area contributed by atoms with Crippen LogP contribution >= 0.6 is 11.5 Å². The quantitative estimate of drug-likeness (QED) is 0.940. The molecule has 0 saturated heterocycles. The van der Waals surface area contributed by atoms with Gasteiger partial charge in [-0.25, -0.2) is 0 Å². The molecule has 0 atom stereocenters. The SMILES string of the molecule is CCc1nnsc1C(=O)N(CC)c1cc(O)ccc1C. The highest BCUT2D eigenvalue weighted by Gasteiger charge is 2.23. The van der Waals surface area contributed by atoms with Crippen LogP contribution < -0.4 is 4.90 Å². The fourth-order valence-corrected chi connectivity index (χ4v) is 2.74. The molecule has 0 saturated carbocycles. The topological polar surface area (TPSA) is 66.3 Å². The molecule has 106 valence electrons. The molecule has 0 aliphatic rings. The van der Waals surface area contributed by atoms with E-state index in [1.54, 1.807) is 23.1 Å². The number of aromatic hydroxyl groups is 1. The lowest BCUT2D eigenvalue weighted by atomic mass is 10.1. The number of carbonyl (C=O) groups excluding carboxylic acids is 1. The van der Waals surface area contributed by atoms with Crippen molar-refractivity contribution in [2.24, 2.45) is 0 Å². The minimum Gasteiger partial charge on any atom is -0.508 e. The van der Waals surface area contributed by atoms with Crippen LogP contribution in [0.25, 0.3) is 0 Å². The minimum atomic E-state index is -0.118. The van der Waals surface area contributed by atoms with E-state index in [4.69, 9.17) is 0 Å². The van der Waals surface area contributed by atoms with Gasteiger partial charge in [-0.3, -0.25) is 4.79 Å². The number of carbonyl (C=O) groups is 1. The Bertz CT molecular complexity index is 625. The van der Waals surface area contributed by atoms with Crippen molar-refractivity contribution in [2.45, 2.75) is 27.2 Å². The molecule has 2 rings (SSSR count). The fraction of sp³-hybridized carbons (Fsp3) is 0.357. The predicted molar refractivity (Wildman–Crippen MR) is 79.5 cm³/mol. The van der Waals surface area contributed by atoms with E-state index < -0.39 is 0 Å². The first-order valence-corrected chi connectivity index (χ1v) is 7.28. The molecule has 0 aliphatic heterocycles. The van der Waals surface area contributed by atoms with Gasteiger partial charge in [-0.1, -0.05) is 17.5 Å². The van der Waals surface area contributed by atoms with Gasteiger partial charge in [0.05, 0.1) is 11.4 Å². The van der Waals surface area contributed by atoms with Crippen molar-refractivity contribution >= 4 is 23.1 Å². The molecule has 6 heteroatoms. The summed E-state index contributed by atoms with van der Waals surface area (Å²) in [6.07, 6.45) is 0.675. The summed E-state index contributed by atoms with van der Waals surface area (Å²) >= 11 is 1.12.